The molecular weight excluding hydrogens is 303 g/mol. The number of aromatic nitrogens is 1. The molecule has 2 aromatic rings. The van der Waals surface area contributed by atoms with Crippen molar-refractivity contribution < 1.29 is 13.9 Å². The van der Waals surface area contributed by atoms with Crippen molar-refractivity contribution in [3.05, 3.63) is 45.7 Å². The molecule has 4 nitrogen and oxygen atoms in total. The molecule has 0 N–H and O–H groups in total. The van der Waals surface area contributed by atoms with Gasteiger partial charge in [0, 0.05) is 29.7 Å². The van der Waals surface area contributed by atoms with E-state index in [0.29, 0.717) is 31.1 Å². The highest BCUT2D eigenvalue weighted by Crippen LogP contribution is 2.29. The second kappa shape index (κ2) is 6.73. The van der Waals surface area contributed by atoms with Crippen LogP contribution in [-0.4, -0.2) is 36.8 Å². The number of halogens is 1. The fourth-order valence-corrected chi connectivity index (χ4v) is 3.51. The van der Waals surface area contributed by atoms with Crippen LogP contribution in [0.1, 0.15) is 22.3 Å². The Bertz CT molecular complexity index is 647. The van der Waals surface area contributed by atoms with Crippen LogP contribution in [0.5, 0.6) is 5.75 Å². The summed E-state index contributed by atoms with van der Waals surface area (Å²) in [7, 11) is 1.59. The van der Waals surface area contributed by atoms with E-state index in [0.717, 1.165) is 17.2 Å². The van der Waals surface area contributed by atoms with Crippen molar-refractivity contribution in [3.63, 3.8) is 0 Å². The topological polar surface area (TPSA) is 34.6 Å². The zero-order valence-corrected chi connectivity index (χ0v) is 13.5. The number of methoxy groups -OCH3 is 1. The number of thiazole rings is 1. The molecule has 1 fully saturated rings. The highest BCUT2D eigenvalue weighted by molar-refractivity contribution is 7.09. The van der Waals surface area contributed by atoms with Crippen molar-refractivity contribution in [1.82, 2.24) is 9.88 Å². The van der Waals surface area contributed by atoms with Gasteiger partial charge in [-0.15, -0.1) is 11.3 Å². The smallest absolute Gasteiger partial charge is 0.127 e. The highest BCUT2D eigenvalue weighted by atomic mass is 32.1. The van der Waals surface area contributed by atoms with Crippen LogP contribution in [0, 0.1) is 12.7 Å². The van der Waals surface area contributed by atoms with Gasteiger partial charge in [0.25, 0.3) is 0 Å². The van der Waals surface area contributed by atoms with E-state index in [1.807, 2.05) is 12.3 Å². The monoisotopic (exact) mass is 322 g/mol. The third-order valence-corrected chi connectivity index (χ3v) is 4.85. The van der Waals surface area contributed by atoms with Gasteiger partial charge >= 0.3 is 0 Å². The first kappa shape index (κ1) is 15.4. The second-order valence-corrected chi connectivity index (χ2v) is 6.24. The molecule has 1 saturated heterocycles. The minimum atomic E-state index is -0.207. The van der Waals surface area contributed by atoms with Gasteiger partial charge in [-0.25, -0.2) is 9.37 Å². The number of nitrogens with zero attached hydrogens (tertiary/aromatic N) is 2. The van der Waals surface area contributed by atoms with Crippen LogP contribution in [0.3, 0.4) is 0 Å². The van der Waals surface area contributed by atoms with E-state index in [1.165, 1.54) is 6.07 Å². The quantitative estimate of drug-likeness (QED) is 0.866. The Kier molecular flexibility index (Phi) is 4.71. The Balaban J connectivity index is 1.82. The Morgan fingerprint density at radius 3 is 3.09 bits per heavy atom. The van der Waals surface area contributed by atoms with E-state index in [2.05, 4.69) is 9.88 Å². The SMILES string of the molecule is COc1ccc(F)c(CN2CCOCC2c2nc(C)cs2)c1. The van der Waals surface area contributed by atoms with E-state index in [1.54, 1.807) is 30.6 Å². The minimum Gasteiger partial charge on any atom is -0.497 e. The number of benzene rings is 1. The van der Waals surface area contributed by atoms with Gasteiger partial charge in [0.2, 0.25) is 0 Å². The predicted molar refractivity (Wildman–Crippen MR) is 83.8 cm³/mol. The van der Waals surface area contributed by atoms with Gasteiger partial charge in [-0.1, -0.05) is 0 Å². The largest absolute Gasteiger partial charge is 0.497 e. The lowest BCUT2D eigenvalue weighted by Gasteiger charge is -2.34. The van der Waals surface area contributed by atoms with Crippen LogP contribution >= 0.6 is 11.3 Å². The minimum absolute atomic E-state index is 0.0815. The van der Waals surface area contributed by atoms with Gasteiger partial charge in [0.1, 0.15) is 16.6 Å². The Morgan fingerprint density at radius 2 is 2.36 bits per heavy atom. The zero-order chi connectivity index (χ0) is 15.5. The molecule has 6 heteroatoms. The molecule has 1 atom stereocenters. The fraction of sp³-hybridized carbons (Fsp3) is 0.438. The molecule has 0 saturated carbocycles. The average molecular weight is 322 g/mol. The van der Waals surface area contributed by atoms with Crippen LogP contribution in [0.25, 0.3) is 0 Å². The molecule has 1 aliphatic rings. The van der Waals surface area contributed by atoms with Gasteiger partial charge < -0.3 is 9.47 Å². The molecule has 118 valence electrons. The van der Waals surface area contributed by atoms with E-state index in [9.17, 15) is 4.39 Å². The standard InChI is InChI=1S/C16H19FN2O2S/c1-11-10-22-16(18-11)15-9-21-6-5-19(15)8-12-7-13(20-2)3-4-14(12)17/h3-4,7,10,15H,5-6,8-9H2,1-2H3. The van der Waals surface area contributed by atoms with E-state index in [-0.39, 0.29) is 11.9 Å². The van der Waals surface area contributed by atoms with Crippen molar-refractivity contribution in [1.29, 1.82) is 0 Å². The summed E-state index contributed by atoms with van der Waals surface area (Å²) in [6, 6.07) is 4.93. The van der Waals surface area contributed by atoms with Crippen LogP contribution in [0.2, 0.25) is 0 Å². The molecule has 1 unspecified atom stereocenters. The van der Waals surface area contributed by atoms with Crippen molar-refractivity contribution >= 4 is 11.3 Å². The molecule has 1 aliphatic heterocycles. The average Bonchev–Trinajstić information content (AvgIpc) is 2.96. The van der Waals surface area contributed by atoms with Gasteiger partial charge in [-0.3, -0.25) is 4.90 Å². The third-order valence-electron chi connectivity index (χ3n) is 3.79. The van der Waals surface area contributed by atoms with Gasteiger partial charge in [-0.2, -0.15) is 0 Å². The predicted octanol–water partition coefficient (Wildman–Crippen LogP) is 3.17. The normalized spacial score (nSPS) is 19.3. The summed E-state index contributed by atoms with van der Waals surface area (Å²) in [5, 5.41) is 3.06. The number of aryl methyl sites for hydroxylation is 1. The Morgan fingerprint density at radius 1 is 1.50 bits per heavy atom. The van der Waals surface area contributed by atoms with Crippen molar-refractivity contribution in [2.24, 2.45) is 0 Å². The van der Waals surface area contributed by atoms with Crippen molar-refractivity contribution in [3.8, 4) is 5.75 Å². The number of hydrogen-bond donors (Lipinski definition) is 0. The zero-order valence-electron chi connectivity index (χ0n) is 12.7. The molecule has 0 radical (unpaired) electrons. The first-order valence-corrected chi connectivity index (χ1v) is 8.11. The summed E-state index contributed by atoms with van der Waals surface area (Å²) in [6.45, 7) is 4.52. The molecule has 0 aliphatic carbocycles. The lowest BCUT2D eigenvalue weighted by Crippen LogP contribution is -2.39. The number of hydrogen-bond acceptors (Lipinski definition) is 5. The highest BCUT2D eigenvalue weighted by Gasteiger charge is 2.27. The molecule has 1 aromatic heterocycles. The van der Waals surface area contributed by atoms with Crippen molar-refractivity contribution in [2.75, 3.05) is 26.9 Å². The van der Waals surface area contributed by atoms with Gasteiger partial charge in [-0.05, 0) is 25.1 Å². The Labute approximate surface area is 133 Å². The number of ether oxygens (including phenoxy) is 2. The molecule has 3 rings (SSSR count). The number of morpholine rings is 1. The molecule has 2 heterocycles. The first-order valence-electron chi connectivity index (χ1n) is 7.23. The van der Waals surface area contributed by atoms with E-state index in [4.69, 9.17) is 9.47 Å². The summed E-state index contributed by atoms with van der Waals surface area (Å²) >= 11 is 1.63. The van der Waals surface area contributed by atoms with Crippen LogP contribution < -0.4 is 4.74 Å². The molecule has 0 amide bonds. The molecule has 22 heavy (non-hydrogen) atoms. The molecule has 0 bridgehead atoms. The molecule has 0 spiro atoms. The third kappa shape index (κ3) is 3.29. The van der Waals surface area contributed by atoms with Crippen LogP contribution in [0.15, 0.2) is 23.6 Å². The fourth-order valence-electron chi connectivity index (χ4n) is 2.60. The summed E-state index contributed by atoms with van der Waals surface area (Å²) in [5.74, 6) is 0.465. The molecular formula is C16H19FN2O2S. The molecule has 1 aromatic carbocycles. The van der Waals surface area contributed by atoms with Crippen LogP contribution in [-0.2, 0) is 11.3 Å². The maximum Gasteiger partial charge on any atom is 0.127 e. The lowest BCUT2D eigenvalue weighted by molar-refractivity contribution is -0.0132. The maximum atomic E-state index is 14.1. The summed E-state index contributed by atoms with van der Waals surface area (Å²) in [5.41, 5.74) is 1.65. The number of rotatable bonds is 4. The summed E-state index contributed by atoms with van der Waals surface area (Å²) < 4.78 is 24.9. The second-order valence-electron chi connectivity index (χ2n) is 5.35. The Hall–Kier alpha value is -1.50. The lowest BCUT2D eigenvalue weighted by atomic mass is 10.1. The van der Waals surface area contributed by atoms with Crippen LogP contribution in [0.4, 0.5) is 4.39 Å². The summed E-state index contributed by atoms with van der Waals surface area (Å²) in [6.07, 6.45) is 0. The van der Waals surface area contributed by atoms with Gasteiger partial charge in [0.15, 0.2) is 0 Å². The van der Waals surface area contributed by atoms with E-state index < -0.39 is 0 Å². The van der Waals surface area contributed by atoms with Gasteiger partial charge in [0.05, 0.1) is 26.4 Å². The summed E-state index contributed by atoms with van der Waals surface area (Å²) in [4.78, 5) is 6.78. The van der Waals surface area contributed by atoms with E-state index >= 15 is 0 Å². The maximum absolute atomic E-state index is 14.1. The first-order chi connectivity index (χ1) is 10.7. The van der Waals surface area contributed by atoms with Crippen molar-refractivity contribution in [2.45, 2.75) is 19.5 Å².